The molecule has 7 rings (SSSR count). The van der Waals surface area contributed by atoms with Gasteiger partial charge in [-0.2, -0.15) is 0 Å². The normalized spacial score (nSPS) is 14.1. The molecule has 6 aromatic carbocycles. The Bertz CT molecular complexity index is 4200. The average Bonchev–Trinajstić information content (AvgIpc) is 1.83. The van der Waals surface area contributed by atoms with E-state index in [0.717, 1.165) is 71.8 Å². The van der Waals surface area contributed by atoms with E-state index < -0.39 is 69.3 Å². The number of rotatable bonds is 23. The molecule has 0 aromatic heterocycles. The van der Waals surface area contributed by atoms with Gasteiger partial charge in [0.25, 0.3) is 0 Å². The second-order valence-corrected chi connectivity index (χ2v) is 41.8. The Labute approximate surface area is 601 Å². The van der Waals surface area contributed by atoms with Crippen molar-refractivity contribution in [3.63, 3.8) is 0 Å². The van der Waals surface area contributed by atoms with E-state index in [4.69, 9.17) is 0 Å². The van der Waals surface area contributed by atoms with Crippen LogP contribution in [0.25, 0.3) is 0 Å². The molecule has 1 saturated heterocycles. The molecule has 0 bridgehead atoms. The first-order valence-corrected chi connectivity index (χ1v) is 46.7. The molecule has 0 saturated carbocycles. The molecule has 24 heteroatoms. The maximum Gasteiger partial charge on any atom is 0.229 e. The minimum atomic E-state index is -3.18. The van der Waals surface area contributed by atoms with Crippen molar-refractivity contribution in [2.24, 2.45) is 5.92 Å². The predicted octanol–water partition coefficient (Wildman–Crippen LogP) is 15.4. The summed E-state index contributed by atoms with van der Waals surface area (Å²) >= 11 is 0. The zero-order chi connectivity index (χ0) is 75.2. The first-order chi connectivity index (χ1) is 44.9. The van der Waals surface area contributed by atoms with Gasteiger partial charge in [-0.25, -0.2) is 54.8 Å². The summed E-state index contributed by atoms with van der Waals surface area (Å²) in [5, 5.41) is 0. The third-order valence-corrected chi connectivity index (χ3v) is 21.6. The van der Waals surface area contributed by atoms with Crippen molar-refractivity contribution in [3.8, 4) is 0 Å². The molecule has 99 heavy (non-hydrogen) atoms. The third-order valence-electron chi connectivity index (χ3n) is 14.7. The largest absolute Gasteiger partial charge is 0.284 e. The van der Waals surface area contributed by atoms with Crippen LogP contribution >= 0.6 is 0 Å². The Morgan fingerprint density at radius 3 is 1.21 bits per heavy atom. The topological polar surface area (TPSA) is 261 Å². The molecule has 560 valence electrons. The van der Waals surface area contributed by atoms with Gasteiger partial charge in [0.15, 0.2) is 0 Å². The van der Waals surface area contributed by atoms with Crippen LogP contribution in [0.4, 0.5) is 17.1 Å². The molecule has 1 atom stereocenters. The summed E-state index contributed by atoms with van der Waals surface area (Å²) in [6, 6.07) is 46.6. The molecule has 17 nitrogen and oxygen atoms in total. The van der Waals surface area contributed by atoms with Crippen molar-refractivity contribution in [1.29, 1.82) is 0 Å². The molecule has 0 radical (unpaired) electrons. The van der Waals surface area contributed by atoms with E-state index in [1.165, 1.54) is 41.0 Å². The van der Waals surface area contributed by atoms with Gasteiger partial charge >= 0.3 is 0 Å². The second kappa shape index (κ2) is 43.4. The summed E-state index contributed by atoms with van der Waals surface area (Å²) < 4.78 is 153. The molecule has 0 amide bonds. The molecule has 0 spiro atoms. The van der Waals surface area contributed by atoms with E-state index in [0.29, 0.717) is 77.7 Å². The lowest BCUT2D eigenvalue weighted by molar-refractivity contribution is 0.409. The quantitative estimate of drug-likeness (QED) is 0.0505. The number of hydrogen-bond acceptors (Lipinski definition) is 13. The smallest absolute Gasteiger partial charge is 0.229 e. The molecule has 6 aromatic rings. The van der Waals surface area contributed by atoms with E-state index in [-0.39, 0.29) is 24.7 Å². The van der Waals surface area contributed by atoms with Crippen LogP contribution in [0.3, 0.4) is 0 Å². The number of para-hydroxylation sites is 1. The van der Waals surface area contributed by atoms with Crippen LogP contribution in [0, 0.1) is 5.92 Å². The number of aryl methyl sites for hydroxylation is 3. The highest BCUT2D eigenvalue weighted by Gasteiger charge is 2.23. The van der Waals surface area contributed by atoms with Gasteiger partial charge < -0.3 is 0 Å². The highest BCUT2D eigenvalue weighted by Crippen LogP contribution is 2.26. The van der Waals surface area contributed by atoms with E-state index in [1.807, 2.05) is 109 Å². The SMILES string of the molecule is C.C=S1(=O)CCCN1CC(C)C.CC(C)c1ccc(CCS(C)(=O)=O)cc1.CC(C)c1ccc(NS(C)(=O)=O)cc1.CC(C)c1cccc(CCS(C)(=O)=O)c1.CC(C)c1cccc(NS(C)(=O)=O)c1.CC(C)c1ccccc1CCS(C)(=O)=O.CC(C)c1ccccc1NS(C)(=O)=O. The summed E-state index contributed by atoms with van der Waals surface area (Å²) in [4.78, 5) is 0. The first-order valence-electron chi connectivity index (χ1n) is 33.0. The molecule has 1 fully saturated rings. The summed E-state index contributed by atoms with van der Waals surface area (Å²) in [5.74, 6) is 8.46. The van der Waals surface area contributed by atoms with Gasteiger partial charge in [0.1, 0.15) is 29.5 Å². The molecule has 1 aliphatic rings. The standard InChI is InChI=1S/3C12H18O2S.3C10H15NO2S.C8H17NOS.CH4/c1-10(2)12-6-4-11(5-7-12)8-9-15(3,13)14;1-10(2)12-6-4-5-11(9-12)7-8-15(3,13)14;1-10(2)12-7-5-4-6-11(12)8-9-15(3,13)14;1-8(2)9-4-6-10(7-5-9)11-14(3,12)13;1-8(2)9-5-4-6-10(7-9)11-14(3,12)13;1-8(2)9-6-4-5-7-10(9)11-14(3,12)13;1-8(2)7-9-5-4-6-11(9,3)10;/h4-7,10H,8-9H2,1-3H3;4-6,9-10H,7-8H2,1-3H3;4-7,10H,8-9H2,1-3H3;3*4-8,11H,1-3H3;8H,3-7H2,1-2H3;1H4. The molecular weight excluding hydrogens is 1390 g/mol. The van der Waals surface area contributed by atoms with Gasteiger partial charge in [-0.3, -0.25) is 18.4 Å². The van der Waals surface area contributed by atoms with Crippen molar-refractivity contribution in [2.45, 2.75) is 166 Å². The van der Waals surface area contributed by atoms with E-state index in [1.54, 1.807) is 24.3 Å². The highest BCUT2D eigenvalue weighted by atomic mass is 32.2. The van der Waals surface area contributed by atoms with Crippen molar-refractivity contribution < 1.29 is 54.7 Å². The van der Waals surface area contributed by atoms with E-state index >= 15 is 0 Å². The Morgan fingerprint density at radius 2 is 0.798 bits per heavy atom. The number of nitrogens with one attached hydrogen (secondary N) is 3. The lowest BCUT2D eigenvalue weighted by Crippen LogP contribution is -2.29. The van der Waals surface area contributed by atoms with Crippen LogP contribution in [0.1, 0.15) is 196 Å². The van der Waals surface area contributed by atoms with E-state index in [2.05, 4.69) is 133 Å². The van der Waals surface area contributed by atoms with Gasteiger partial charge in [-0.05, 0) is 153 Å². The minimum Gasteiger partial charge on any atom is -0.284 e. The Hall–Kier alpha value is -5.60. The fraction of sp³-hybridized carbons (Fsp3) is 0.507. The minimum absolute atomic E-state index is 0. The van der Waals surface area contributed by atoms with Crippen molar-refractivity contribution in [1.82, 2.24) is 4.31 Å². The fourth-order valence-corrected chi connectivity index (χ4v) is 14.8. The number of nitrogens with zero attached hydrogens (tertiary/aromatic N) is 1. The molecule has 1 aliphatic heterocycles. The molecule has 3 N–H and O–H groups in total. The van der Waals surface area contributed by atoms with Crippen LogP contribution < -0.4 is 14.2 Å². The van der Waals surface area contributed by atoms with Crippen LogP contribution in [-0.4, -0.2) is 139 Å². The average molecular weight is 1510 g/mol. The van der Waals surface area contributed by atoms with Gasteiger partial charge in [-0.1, -0.05) is 220 Å². The second-order valence-electron chi connectivity index (χ2n) is 27.3. The summed E-state index contributed by atoms with van der Waals surface area (Å²) in [7, 11) is -19.9. The molecule has 1 unspecified atom stereocenters. The number of benzene rings is 6. The lowest BCUT2D eigenvalue weighted by atomic mass is 9.96. The molecule has 0 aliphatic carbocycles. The van der Waals surface area contributed by atoms with Gasteiger partial charge in [0, 0.05) is 58.7 Å². The summed E-state index contributed by atoms with van der Waals surface area (Å²) in [6.07, 6.45) is 10.2. The number of hydrogen-bond donors (Lipinski definition) is 3. The Balaban J connectivity index is 0.00000113. The van der Waals surface area contributed by atoms with Crippen molar-refractivity contribution in [2.75, 3.05) is 87.8 Å². The highest BCUT2D eigenvalue weighted by molar-refractivity contribution is 7.98. The summed E-state index contributed by atoms with van der Waals surface area (Å²) in [6.45, 7) is 31.4. The first kappa shape index (κ1) is 93.4. The van der Waals surface area contributed by atoms with Crippen LogP contribution in [-0.2, 0) is 88.6 Å². The maximum absolute atomic E-state index is 11.7. The number of sulfone groups is 3. The summed E-state index contributed by atoms with van der Waals surface area (Å²) in [5.41, 5.74) is 12.4. The zero-order valence-corrected chi connectivity index (χ0v) is 67.5. The van der Waals surface area contributed by atoms with Crippen LogP contribution in [0.2, 0.25) is 0 Å². The predicted molar refractivity (Wildman–Crippen MR) is 427 cm³/mol. The monoisotopic (exact) mass is 1510 g/mol. The Morgan fingerprint density at radius 1 is 0.404 bits per heavy atom. The van der Waals surface area contributed by atoms with Crippen molar-refractivity contribution in [3.05, 3.63) is 196 Å². The molecular formula is C75H120N4O13S7. The van der Waals surface area contributed by atoms with Crippen molar-refractivity contribution >= 4 is 92.2 Å². The fourth-order valence-electron chi connectivity index (χ4n) is 9.42. The maximum atomic E-state index is 11.7. The van der Waals surface area contributed by atoms with Gasteiger partial charge in [-0.15, -0.1) is 0 Å². The van der Waals surface area contributed by atoms with Crippen LogP contribution in [0.15, 0.2) is 146 Å². The van der Waals surface area contributed by atoms with Gasteiger partial charge in [0.05, 0.1) is 41.7 Å². The van der Waals surface area contributed by atoms with Gasteiger partial charge in [0.2, 0.25) is 30.1 Å². The van der Waals surface area contributed by atoms with Crippen LogP contribution in [0.5, 0.6) is 0 Å². The zero-order valence-electron chi connectivity index (χ0n) is 61.8. The molecule has 1 heterocycles. The third kappa shape index (κ3) is 44.4. The number of sulfonamides is 3. The lowest BCUT2D eigenvalue weighted by Gasteiger charge is -2.19. The van der Waals surface area contributed by atoms with E-state index in [9.17, 15) is 54.7 Å². The number of anilines is 3. The Kier molecular flexibility index (Phi) is 40.9.